The van der Waals surface area contributed by atoms with Gasteiger partial charge in [0.2, 0.25) is 0 Å². The molecule has 2 rings (SSSR count). The lowest BCUT2D eigenvalue weighted by molar-refractivity contribution is 0.595. The summed E-state index contributed by atoms with van der Waals surface area (Å²) in [6, 6.07) is 14.0. The van der Waals surface area contributed by atoms with Gasteiger partial charge in [-0.05, 0) is 42.3 Å². The number of aryl methyl sites for hydroxylation is 1. The van der Waals surface area contributed by atoms with Crippen LogP contribution in [0.15, 0.2) is 57.9 Å². The van der Waals surface area contributed by atoms with Crippen LogP contribution < -0.4 is 5.73 Å². The molecule has 0 atom stereocenters. The Morgan fingerprint density at radius 2 is 1.74 bits per heavy atom. The summed E-state index contributed by atoms with van der Waals surface area (Å²) in [6.45, 7) is 0. The van der Waals surface area contributed by atoms with Crippen molar-refractivity contribution in [3.05, 3.63) is 58.6 Å². The molecule has 0 aromatic heterocycles. The Hall–Kier alpha value is -1.33. The molecule has 2 aromatic rings. The van der Waals surface area contributed by atoms with Crippen LogP contribution in [0.2, 0.25) is 0 Å². The maximum absolute atomic E-state index is 12.2. The monoisotopic (exact) mass is 339 g/mol. The van der Waals surface area contributed by atoms with E-state index in [-0.39, 0.29) is 5.75 Å². The van der Waals surface area contributed by atoms with Crippen LogP contribution >= 0.6 is 15.9 Å². The van der Waals surface area contributed by atoms with Gasteiger partial charge < -0.3 is 5.73 Å². The number of hydrogen-bond acceptors (Lipinski definition) is 3. The highest BCUT2D eigenvalue weighted by atomic mass is 79.9. The SMILES string of the molecule is Nc1ccc(CCS(=O)(=O)c2cccc(Br)c2)cc1. The van der Waals surface area contributed by atoms with Gasteiger partial charge in [0.15, 0.2) is 9.84 Å². The number of hydrogen-bond donors (Lipinski definition) is 1. The summed E-state index contributed by atoms with van der Waals surface area (Å²) in [5, 5.41) is 0. The quantitative estimate of drug-likeness (QED) is 0.871. The molecule has 0 unspecified atom stereocenters. The Kier molecular flexibility index (Phi) is 4.27. The van der Waals surface area contributed by atoms with Crippen molar-refractivity contribution in [2.24, 2.45) is 0 Å². The molecule has 0 aliphatic rings. The van der Waals surface area contributed by atoms with Crippen molar-refractivity contribution in [2.75, 3.05) is 11.5 Å². The molecule has 0 spiro atoms. The fourth-order valence-corrected chi connectivity index (χ4v) is 3.60. The van der Waals surface area contributed by atoms with Crippen LogP contribution in [0.4, 0.5) is 5.69 Å². The molecule has 2 aromatic carbocycles. The molecule has 0 heterocycles. The predicted molar refractivity (Wildman–Crippen MR) is 80.8 cm³/mol. The van der Waals surface area contributed by atoms with E-state index in [1.165, 1.54) is 0 Å². The topological polar surface area (TPSA) is 60.2 Å². The van der Waals surface area contributed by atoms with Crippen LogP contribution in [0.25, 0.3) is 0 Å². The summed E-state index contributed by atoms with van der Waals surface area (Å²) in [4.78, 5) is 0.345. The van der Waals surface area contributed by atoms with Crippen LogP contribution in [0.3, 0.4) is 0 Å². The molecule has 0 bridgehead atoms. The third-order valence-corrected chi connectivity index (χ3v) is 5.00. The lowest BCUT2D eigenvalue weighted by Gasteiger charge is -2.05. The zero-order chi connectivity index (χ0) is 13.9. The molecule has 0 radical (unpaired) electrons. The minimum atomic E-state index is -3.25. The Bertz CT molecular complexity index is 666. The lowest BCUT2D eigenvalue weighted by atomic mass is 10.2. The van der Waals surface area contributed by atoms with Crippen LogP contribution in [0.1, 0.15) is 5.56 Å². The first-order valence-corrected chi connectivity index (χ1v) is 8.25. The van der Waals surface area contributed by atoms with Gasteiger partial charge in [0.05, 0.1) is 10.6 Å². The Labute approximate surface area is 121 Å². The third-order valence-electron chi connectivity index (χ3n) is 2.79. The number of anilines is 1. The van der Waals surface area contributed by atoms with E-state index in [0.717, 1.165) is 10.0 Å². The zero-order valence-electron chi connectivity index (χ0n) is 10.2. The van der Waals surface area contributed by atoms with E-state index >= 15 is 0 Å². The van der Waals surface area contributed by atoms with Crippen molar-refractivity contribution in [1.29, 1.82) is 0 Å². The number of nitrogens with two attached hydrogens (primary N) is 1. The number of rotatable bonds is 4. The van der Waals surface area contributed by atoms with E-state index in [9.17, 15) is 8.42 Å². The molecule has 3 nitrogen and oxygen atoms in total. The van der Waals surface area contributed by atoms with Gasteiger partial charge in [0, 0.05) is 10.2 Å². The van der Waals surface area contributed by atoms with E-state index in [0.29, 0.717) is 17.0 Å². The molecule has 0 saturated carbocycles. The summed E-state index contributed by atoms with van der Waals surface area (Å²) in [5.74, 6) is 0.0906. The van der Waals surface area contributed by atoms with Crippen molar-refractivity contribution >= 4 is 31.5 Å². The van der Waals surface area contributed by atoms with Gasteiger partial charge in [-0.25, -0.2) is 8.42 Å². The van der Waals surface area contributed by atoms with Gasteiger partial charge in [0.1, 0.15) is 0 Å². The second-order valence-corrected chi connectivity index (χ2v) is 7.29. The molecule has 19 heavy (non-hydrogen) atoms. The fraction of sp³-hybridized carbons (Fsp3) is 0.143. The molecule has 0 aliphatic carbocycles. The van der Waals surface area contributed by atoms with Crippen LogP contribution in [-0.4, -0.2) is 14.2 Å². The van der Waals surface area contributed by atoms with E-state index in [1.807, 2.05) is 12.1 Å². The zero-order valence-corrected chi connectivity index (χ0v) is 12.6. The molecule has 0 saturated heterocycles. The largest absolute Gasteiger partial charge is 0.399 e. The van der Waals surface area contributed by atoms with E-state index in [4.69, 9.17) is 5.73 Å². The maximum atomic E-state index is 12.2. The van der Waals surface area contributed by atoms with E-state index < -0.39 is 9.84 Å². The Morgan fingerprint density at radius 3 is 2.37 bits per heavy atom. The van der Waals surface area contributed by atoms with Crippen LogP contribution in [0, 0.1) is 0 Å². The van der Waals surface area contributed by atoms with E-state index in [2.05, 4.69) is 15.9 Å². The smallest absolute Gasteiger partial charge is 0.178 e. The first-order valence-electron chi connectivity index (χ1n) is 5.80. The van der Waals surface area contributed by atoms with Gasteiger partial charge in [-0.3, -0.25) is 0 Å². The van der Waals surface area contributed by atoms with Crippen LogP contribution in [-0.2, 0) is 16.3 Å². The highest BCUT2D eigenvalue weighted by Crippen LogP contribution is 2.18. The lowest BCUT2D eigenvalue weighted by Crippen LogP contribution is -2.09. The summed E-state index contributed by atoms with van der Waals surface area (Å²) in [5.41, 5.74) is 7.24. The minimum Gasteiger partial charge on any atom is -0.399 e. The highest BCUT2D eigenvalue weighted by Gasteiger charge is 2.14. The van der Waals surface area contributed by atoms with Crippen molar-refractivity contribution in [2.45, 2.75) is 11.3 Å². The minimum absolute atomic E-state index is 0.0906. The first kappa shape index (κ1) is 14.1. The number of halogens is 1. The normalized spacial score (nSPS) is 11.4. The average molecular weight is 340 g/mol. The van der Waals surface area contributed by atoms with Gasteiger partial charge in [-0.1, -0.05) is 34.1 Å². The molecule has 0 aliphatic heterocycles. The van der Waals surface area contributed by atoms with Crippen molar-refractivity contribution in [3.63, 3.8) is 0 Å². The second kappa shape index (κ2) is 5.75. The molecule has 2 N–H and O–H groups in total. The van der Waals surface area contributed by atoms with Gasteiger partial charge in [0.25, 0.3) is 0 Å². The third kappa shape index (κ3) is 3.81. The number of sulfone groups is 1. The molecule has 0 amide bonds. The van der Waals surface area contributed by atoms with Gasteiger partial charge in [-0.2, -0.15) is 0 Å². The van der Waals surface area contributed by atoms with Gasteiger partial charge >= 0.3 is 0 Å². The predicted octanol–water partition coefficient (Wildman–Crippen LogP) is 3.05. The fourth-order valence-electron chi connectivity index (χ4n) is 1.71. The number of nitrogen functional groups attached to an aromatic ring is 1. The van der Waals surface area contributed by atoms with Crippen LogP contribution in [0.5, 0.6) is 0 Å². The summed E-state index contributed by atoms with van der Waals surface area (Å²) in [6.07, 6.45) is 0.481. The Morgan fingerprint density at radius 1 is 1.05 bits per heavy atom. The van der Waals surface area contributed by atoms with Gasteiger partial charge in [-0.15, -0.1) is 0 Å². The molecule has 0 fully saturated rings. The summed E-state index contributed by atoms with van der Waals surface area (Å²) >= 11 is 3.28. The summed E-state index contributed by atoms with van der Waals surface area (Å²) in [7, 11) is -3.25. The standard InChI is InChI=1S/C14H14BrNO2S/c15-12-2-1-3-14(10-12)19(17,18)9-8-11-4-6-13(16)7-5-11/h1-7,10H,8-9,16H2. The van der Waals surface area contributed by atoms with Crippen molar-refractivity contribution in [3.8, 4) is 0 Å². The average Bonchev–Trinajstić information content (AvgIpc) is 2.38. The summed E-state index contributed by atoms with van der Waals surface area (Å²) < 4.78 is 25.1. The van der Waals surface area contributed by atoms with Crippen molar-refractivity contribution < 1.29 is 8.42 Å². The van der Waals surface area contributed by atoms with E-state index in [1.54, 1.807) is 36.4 Å². The second-order valence-electron chi connectivity index (χ2n) is 4.27. The highest BCUT2D eigenvalue weighted by molar-refractivity contribution is 9.10. The maximum Gasteiger partial charge on any atom is 0.178 e. The van der Waals surface area contributed by atoms with Crippen molar-refractivity contribution in [1.82, 2.24) is 0 Å². The Balaban J connectivity index is 2.12. The number of benzene rings is 2. The molecule has 100 valence electrons. The molecule has 5 heteroatoms. The molecular formula is C14H14BrNO2S. The first-order chi connectivity index (χ1) is 8.97. The molecular weight excluding hydrogens is 326 g/mol.